The molecule has 0 bridgehead atoms. The van der Waals surface area contributed by atoms with E-state index in [-0.39, 0.29) is 29.5 Å². The van der Waals surface area contributed by atoms with E-state index in [0.717, 1.165) is 22.8 Å². The first kappa shape index (κ1) is 26.2. The summed E-state index contributed by atoms with van der Waals surface area (Å²) in [5.41, 5.74) is -0.747. The Labute approximate surface area is 228 Å². The molecule has 0 radical (unpaired) electrons. The number of hydrogen-bond donors (Lipinski definition) is 1. The molecular formula is C28H21BrF2N4O4. The minimum atomic E-state index is -0.840. The third-order valence-corrected chi connectivity index (χ3v) is 6.75. The predicted octanol–water partition coefficient (Wildman–Crippen LogP) is 5.71. The lowest BCUT2D eigenvalue weighted by Gasteiger charge is -2.15. The lowest BCUT2D eigenvalue weighted by Crippen LogP contribution is -2.42. The van der Waals surface area contributed by atoms with Gasteiger partial charge < -0.3 is 9.72 Å². The number of carbonyl (C=O) groups is 1. The maximum absolute atomic E-state index is 15.0. The van der Waals surface area contributed by atoms with Gasteiger partial charge in [0.2, 0.25) is 0 Å². The van der Waals surface area contributed by atoms with Crippen LogP contribution < -0.4 is 16.0 Å². The Morgan fingerprint density at radius 3 is 2.51 bits per heavy atom. The number of rotatable bonds is 7. The van der Waals surface area contributed by atoms with Gasteiger partial charge in [0, 0.05) is 35.5 Å². The molecule has 3 heterocycles. The lowest BCUT2D eigenvalue weighted by molar-refractivity contribution is 0.0990. The number of ketones is 1. The summed E-state index contributed by atoms with van der Waals surface area (Å²) >= 11 is 3.41. The van der Waals surface area contributed by atoms with Gasteiger partial charge in [-0.3, -0.25) is 14.2 Å². The fourth-order valence-electron chi connectivity index (χ4n) is 4.16. The molecule has 0 unspecified atom stereocenters. The number of H-pyrrole nitrogens is 1. The van der Waals surface area contributed by atoms with Crippen LogP contribution in [0.1, 0.15) is 35.8 Å². The molecule has 11 heteroatoms. The van der Waals surface area contributed by atoms with Crippen LogP contribution in [0.3, 0.4) is 0 Å². The molecule has 8 nitrogen and oxygen atoms in total. The molecule has 5 rings (SSSR count). The molecule has 0 aliphatic rings. The quantitative estimate of drug-likeness (QED) is 0.243. The summed E-state index contributed by atoms with van der Waals surface area (Å²) in [6, 6.07) is 10.1. The Kier molecular flexibility index (Phi) is 7.00. The van der Waals surface area contributed by atoms with Crippen LogP contribution in [-0.4, -0.2) is 24.9 Å². The van der Waals surface area contributed by atoms with Crippen molar-refractivity contribution in [1.29, 1.82) is 0 Å². The number of hydrogen-bond acceptors (Lipinski definition) is 5. The van der Waals surface area contributed by atoms with E-state index in [1.165, 1.54) is 41.2 Å². The van der Waals surface area contributed by atoms with E-state index in [2.05, 4.69) is 25.9 Å². The second-order valence-corrected chi connectivity index (χ2v) is 9.93. The first-order valence-electron chi connectivity index (χ1n) is 11.9. The van der Waals surface area contributed by atoms with E-state index in [1.54, 1.807) is 26.1 Å². The van der Waals surface area contributed by atoms with Gasteiger partial charge >= 0.3 is 5.69 Å². The summed E-state index contributed by atoms with van der Waals surface area (Å²) in [5, 5.41) is 0.647. The van der Waals surface area contributed by atoms with Crippen LogP contribution in [0.5, 0.6) is 11.5 Å². The maximum Gasteiger partial charge on any atom is 0.335 e. The van der Waals surface area contributed by atoms with Gasteiger partial charge in [0.05, 0.1) is 11.1 Å². The molecule has 0 atom stereocenters. The molecule has 5 aromatic rings. The highest BCUT2D eigenvalue weighted by atomic mass is 79.9. The van der Waals surface area contributed by atoms with Crippen LogP contribution in [0.15, 0.2) is 81.2 Å². The molecule has 0 aliphatic carbocycles. The van der Waals surface area contributed by atoms with Crippen LogP contribution in [0, 0.1) is 11.6 Å². The van der Waals surface area contributed by atoms with Crippen molar-refractivity contribution >= 4 is 32.7 Å². The number of nitrogens with one attached hydrogen (secondary N) is 1. The van der Waals surface area contributed by atoms with E-state index >= 15 is 4.39 Å². The Hall–Kier alpha value is -4.38. The largest absolute Gasteiger partial charge is 0.453 e. The SMILES string of the molecule is CC(C)n1cc(C(=O)Cc2ccc(Oc3ccnc4[nH]cc(Br)c34)c(F)c2)c(=O)n(-c2ccc(F)cc2)c1=O. The van der Waals surface area contributed by atoms with Crippen LogP contribution in [-0.2, 0) is 6.42 Å². The number of aromatic amines is 1. The van der Waals surface area contributed by atoms with E-state index in [0.29, 0.717) is 26.8 Å². The van der Waals surface area contributed by atoms with Crippen molar-refractivity contribution < 1.29 is 18.3 Å². The summed E-state index contributed by atoms with van der Waals surface area (Å²) in [4.78, 5) is 46.7. The smallest absolute Gasteiger partial charge is 0.335 e. The fraction of sp³-hybridized carbons (Fsp3) is 0.143. The van der Waals surface area contributed by atoms with Gasteiger partial charge in [0.1, 0.15) is 22.8 Å². The highest BCUT2D eigenvalue weighted by molar-refractivity contribution is 9.10. The molecule has 0 saturated heterocycles. The molecule has 0 aliphatic heterocycles. The summed E-state index contributed by atoms with van der Waals surface area (Å²) in [5.74, 6) is -1.52. The summed E-state index contributed by atoms with van der Waals surface area (Å²) in [7, 11) is 0. The number of nitrogens with zero attached hydrogens (tertiary/aromatic N) is 3. The minimum Gasteiger partial charge on any atom is -0.453 e. The Morgan fingerprint density at radius 1 is 1.08 bits per heavy atom. The number of benzene rings is 2. The second kappa shape index (κ2) is 10.4. The third kappa shape index (κ3) is 5.05. The zero-order chi connectivity index (χ0) is 27.8. The van der Waals surface area contributed by atoms with Crippen molar-refractivity contribution in [1.82, 2.24) is 19.1 Å². The molecule has 3 aromatic heterocycles. The van der Waals surface area contributed by atoms with E-state index in [9.17, 15) is 18.8 Å². The standard InChI is InChI=1S/C28H21BrF2N4O4/c1-15(2)34-14-19(27(37)35(28(34)38)18-6-4-17(30)5-7-18)22(36)12-16-3-8-23(21(31)11-16)39-24-9-10-32-26-25(24)20(29)13-33-26/h3-11,13-15H,12H2,1-2H3,(H,32,33). The number of carbonyl (C=O) groups excluding carboxylic acids is 1. The predicted molar refractivity (Wildman–Crippen MR) is 145 cm³/mol. The Balaban J connectivity index is 1.46. The minimum absolute atomic E-state index is 0.0566. The molecule has 0 saturated carbocycles. The van der Waals surface area contributed by atoms with Crippen LogP contribution in [0.2, 0.25) is 0 Å². The molecule has 2 aromatic carbocycles. The zero-order valence-electron chi connectivity index (χ0n) is 20.7. The number of fused-ring (bicyclic) bond motifs is 1. The van der Waals surface area contributed by atoms with E-state index in [1.807, 2.05) is 0 Å². The average Bonchev–Trinajstić information content (AvgIpc) is 3.28. The zero-order valence-corrected chi connectivity index (χ0v) is 22.3. The van der Waals surface area contributed by atoms with Gasteiger partial charge in [0.15, 0.2) is 17.3 Å². The third-order valence-electron chi connectivity index (χ3n) is 6.12. The van der Waals surface area contributed by atoms with Crippen LogP contribution in [0.25, 0.3) is 16.7 Å². The molecule has 0 amide bonds. The number of halogens is 3. The lowest BCUT2D eigenvalue weighted by atomic mass is 10.0. The summed E-state index contributed by atoms with van der Waals surface area (Å²) in [6.07, 6.45) is 4.15. The number of aromatic nitrogens is 4. The van der Waals surface area contributed by atoms with Gasteiger partial charge in [0.25, 0.3) is 5.56 Å². The molecular weight excluding hydrogens is 574 g/mol. The monoisotopic (exact) mass is 594 g/mol. The molecule has 198 valence electrons. The summed E-state index contributed by atoms with van der Waals surface area (Å²) < 4.78 is 37.0. The van der Waals surface area contributed by atoms with E-state index in [4.69, 9.17) is 4.74 Å². The van der Waals surface area contributed by atoms with Crippen LogP contribution in [0.4, 0.5) is 8.78 Å². The molecule has 39 heavy (non-hydrogen) atoms. The van der Waals surface area contributed by atoms with Crippen molar-refractivity contribution in [2.45, 2.75) is 26.3 Å². The van der Waals surface area contributed by atoms with E-state index < -0.39 is 28.7 Å². The van der Waals surface area contributed by atoms with Gasteiger partial charge in [-0.25, -0.2) is 23.1 Å². The Bertz CT molecular complexity index is 1840. The van der Waals surface area contributed by atoms with Gasteiger partial charge in [-0.1, -0.05) is 6.07 Å². The van der Waals surface area contributed by atoms with Gasteiger partial charge in [-0.05, 0) is 77.8 Å². The number of ether oxygens (including phenoxy) is 1. The first-order chi connectivity index (χ1) is 18.6. The highest BCUT2D eigenvalue weighted by Crippen LogP contribution is 2.35. The van der Waals surface area contributed by atoms with Gasteiger partial charge in [-0.15, -0.1) is 0 Å². The second-order valence-electron chi connectivity index (χ2n) is 9.08. The number of pyridine rings is 1. The van der Waals surface area contributed by atoms with Crippen molar-refractivity contribution in [3.05, 3.63) is 115 Å². The fourth-order valence-corrected chi connectivity index (χ4v) is 4.66. The topological polar surface area (TPSA) is 99.0 Å². The first-order valence-corrected chi connectivity index (χ1v) is 12.7. The summed E-state index contributed by atoms with van der Waals surface area (Å²) in [6.45, 7) is 3.46. The Morgan fingerprint density at radius 2 is 1.82 bits per heavy atom. The molecule has 1 N–H and O–H groups in total. The van der Waals surface area contributed by atoms with Crippen LogP contribution >= 0.6 is 15.9 Å². The van der Waals surface area contributed by atoms with Crippen molar-refractivity contribution in [3.63, 3.8) is 0 Å². The molecule has 0 spiro atoms. The van der Waals surface area contributed by atoms with Crippen molar-refractivity contribution in [2.75, 3.05) is 0 Å². The van der Waals surface area contributed by atoms with Crippen molar-refractivity contribution in [2.24, 2.45) is 0 Å². The number of Topliss-reactive ketones (excluding diaryl/α,β-unsaturated/α-hetero) is 1. The van der Waals surface area contributed by atoms with Crippen molar-refractivity contribution in [3.8, 4) is 17.2 Å². The average molecular weight is 595 g/mol. The normalized spacial score (nSPS) is 11.3. The molecule has 0 fully saturated rings. The maximum atomic E-state index is 15.0. The van der Waals surface area contributed by atoms with Gasteiger partial charge in [-0.2, -0.15) is 0 Å². The highest BCUT2D eigenvalue weighted by Gasteiger charge is 2.21.